The molecule has 0 fully saturated rings. The Hall–Kier alpha value is -0.690. The minimum Gasteiger partial charge on any atom is -0.341 e. The molecule has 0 aromatic carbocycles. The quantitative estimate of drug-likeness (QED) is 0.229. The van der Waals surface area contributed by atoms with Crippen LogP contribution in [-0.4, -0.2) is 30.2 Å². The van der Waals surface area contributed by atoms with Crippen molar-refractivity contribution in [3.05, 3.63) is 0 Å². The molecular weight excluding hydrogens is 210 g/mol. The summed E-state index contributed by atoms with van der Waals surface area (Å²) in [5.74, 6) is -0.107. The molecule has 0 aromatic heterocycles. The summed E-state index contributed by atoms with van der Waals surface area (Å²) in [5, 5.41) is 5.96. The van der Waals surface area contributed by atoms with Gasteiger partial charge in [-0.2, -0.15) is 5.10 Å². The van der Waals surface area contributed by atoms with E-state index >= 15 is 0 Å². The highest BCUT2D eigenvalue weighted by atomic mass is 33.1. The van der Waals surface area contributed by atoms with E-state index in [-0.39, 0.29) is 11.8 Å². The molecule has 0 unspecified atom stereocenters. The maximum absolute atomic E-state index is 10.9. The van der Waals surface area contributed by atoms with Gasteiger partial charge < -0.3 is 5.32 Å². The van der Waals surface area contributed by atoms with Crippen molar-refractivity contribution in [3.8, 4) is 0 Å². The van der Waals surface area contributed by atoms with Gasteiger partial charge in [0.05, 0.1) is 5.88 Å². The second-order valence-electron chi connectivity index (χ2n) is 1.90. The van der Waals surface area contributed by atoms with E-state index < -0.39 is 0 Å². The fourth-order valence-electron chi connectivity index (χ4n) is 0.387. The summed E-state index contributed by atoms with van der Waals surface area (Å²) in [7, 11) is 3.07. The molecule has 2 N–H and O–H groups in total. The third kappa shape index (κ3) is 9.22. The van der Waals surface area contributed by atoms with E-state index in [1.807, 2.05) is 6.26 Å². The molecule has 0 aromatic rings. The molecule has 0 atom stereocenters. The minimum atomic E-state index is -0.324. The van der Waals surface area contributed by atoms with Crippen LogP contribution in [0, 0.1) is 0 Å². The molecule has 0 saturated heterocycles. The average Bonchev–Trinajstić information content (AvgIpc) is 2.04. The highest BCUT2D eigenvalue weighted by molar-refractivity contribution is 8.76. The van der Waals surface area contributed by atoms with Crippen LogP contribution < -0.4 is 10.7 Å². The van der Waals surface area contributed by atoms with E-state index in [1.54, 1.807) is 10.8 Å². The maximum atomic E-state index is 10.9. The summed E-state index contributed by atoms with van der Waals surface area (Å²) in [6.07, 6.45) is 2.95. The number of nitrogens with zero attached hydrogens (tertiary/aromatic N) is 1. The van der Waals surface area contributed by atoms with Crippen LogP contribution in [0.25, 0.3) is 0 Å². The zero-order chi connectivity index (χ0) is 10.1. The largest absolute Gasteiger partial charge is 0.341 e. The van der Waals surface area contributed by atoms with Crippen molar-refractivity contribution in [1.82, 2.24) is 10.7 Å². The summed E-state index contributed by atoms with van der Waals surface area (Å²) < 4.78 is 0. The van der Waals surface area contributed by atoms with E-state index in [0.29, 0.717) is 5.88 Å². The molecule has 13 heavy (non-hydrogen) atoms. The summed E-state index contributed by atoms with van der Waals surface area (Å²) >= 11 is 0. The van der Waals surface area contributed by atoms with Gasteiger partial charge in [-0.15, -0.1) is 0 Å². The lowest BCUT2D eigenvalue weighted by Gasteiger charge is -1.97. The van der Waals surface area contributed by atoms with Gasteiger partial charge in [-0.1, -0.05) is 21.6 Å². The third-order valence-corrected chi connectivity index (χ3v) is 2.39. The molecular formula is C6H11N3O2S2. The average molecular weight is 221 g/mol. The number of carbonyl (C=O) groups is 2. The monoisotopic (exact) mass is 221 g/mol. The summed E-state index contributed by atoms with van der Waals surface area (Å²) in [6.45, 7) is 1.32. The third-order valence-electron chi connectivity index (χ3n) is 0.827. The molecule has 7 heteroatoms. The number of nitrogens with one attached hydrogen (secondary N) is 2. The molecule has 0 aliphatic heterocycles. The first-order valence-corrected chi connectivity index (χ1v) is 6.12. The Balaban J connectivity index is 3.49. The Morgan fingerprint density at radius 2 is 2.23 bits per heavy atom. The maximum Gasteiger partial charge on any atom is 0.264 e. The van der Waals surface area contributed by atoms with Gasteiger partial charge in [0.2, 0.25) is 5.91 Å². The Morgan fingerprint density at radius 3 is 2.77 bits per heavy atom. The first-order chi connectivity index (χ1) is 6.16. The van der Waals surface area contributed by atoms with E-state index in [4.69, 9.17) is 0 Å². The van der Waals surface area contributed by atoms with Gasteiger partial charge in [0.1, 0.15) is 6.21 Å². The van der Waals surface area contributed by atoms with E-state index in [1.165, 1.54) is 17.7 Å². The van der Waals surface area contributed by atoms with Crippen molar-refractivity contribution in [2.75, 3.05) is 12.1 Å². The predicted molar refractivity (Wildman–Crippen MR) is 56.4 cm³/mol. The Bertz CT molecular complexity index is 208. The lowest BCUT2D eigenvalue weighted by Crippen LogP contribution is -2.25. The van der Waals surface area contributed by atoms with Crippen LogP contribution in [0.5, 0.6) is 0 Å². The van der Waals surface area contributed by atoms with E-state index in [9.17, 15) is 9.59 Å². The SMILES string of the molecule is CSSCNC(=O)/C=N/NC(C)=O. The molecule has 0 spiro atoms. The van der Waals surface area contributed by atoms with Gasteiger partial charge in [-0.3, -0.25) is 9.59 Å². The highest BCUT2D eigenvalue weighted by Gasteiger charge is 1.94. The van der Waals surface area contributed by atoms with Crippen LogP contribution in [-0.2, 0) is 9.59 Å². The van der Waals surface area contributed by atoms with Crippen molar-refractivity contribution in [3.63, 3.8) is 0 Å². The fraction of sp³-hybridized carbons (Fsp3) is 0.500. The smallest absolute Gasteiger partial charge is 0.264 e. The standard InChI is InChI=1S/C6H11N3O2S2/c1-5(10)9-8-3-6(11)7-4-13-12-2/h3H,4H2,1-2H3,(H,7,11)(H,9,10)/b8-3+. The Kier molecular flexibility index (Phi) is 7.51. The van der Waals surface area contributed by atoms with Crippen LogP contribution in [0.4, 0.5) is 0 Å². The van der Waals surface area contributed by atoms with Crippen molar-refractivity contribution in [2.24, 2.45) is 5.10 Å². The first kappa shape index (κ1) is 12.3. The molecule has 0 aliphatic rings. The normalized spacial score (nSPS) is 10.0. The number of hydrogen-bond donors (Lipinski definition) is 2. The molecule has 0 saturated carbocycles. The van der Waals surface area contributed by atoms with Crippen LogP contribution in [0.2, 0.25) is 0 Å². The number of rotatable bonds is 5. The van der Waals surface area contributed by atoms with Gasteiger partial charge in [-0.25, -0.2) is 5.43 Å². The van der Waals surface area contributed by atoms with Gasteiger partial charge >= 0.3 is 0 Å². The zero-order valence-corrected chi connectivity index (χ0v) is 9.00. The first-order valence-electron chi connectivity index (χ1n) is 3.40. The van der Waals surface area contributed by atoms with Crippen LogP contribution in [0.15, 0.2) is 5.10 Å². The van der Waals surface area contributed by atoms with Crippen LogP contribution >= 0.6 is 21.6 Å². The lowest BCUT2D eigenvalue weighted by atomic mass is 10.7. The van der Waals surface area contributed by atoms with Crippen molar-refractivity contribution in [2.45, 2.75) is 6.92 Å². The molecule has 5 nitrogen and oxygen atoms in total. The highest BCUT2D eigenvalue weighted by Crippen LogP contribution is 2.13. The van der Waals surface area contributed by atoms with Gasteiger partial charge in [0.15, 0.2) is 0 Å². The number of amides is 2. The van der Waals surface area contributed by atoms with Gasteiger partial charge in [0.25, 0.3) is 5.91 Å². The second kappa shape index (κ2) is 7.93. The summed E-state index contributed by atoms with van der Waals surface area (Å²) in [4.78, 5) is 21.2. The topological polar surface area (TPSA) is 70.6 Å². The van der Waals surface area contributed by atoms with Gasteiger partial charge in [-0.05, 0) is 6.26 Å². The number of hydrogen-bond acceptors (Lipinski definition) is 5. The second-order valence-corrected chi connectivity index (χ2v) is 4.46. The minimum absolute atomic E-state index is 0.303. The van der Waals surface area contributed by atoms with E-state index in [2.05, 4.69) is 15.8 Å². The summed E-state index contributed by atoms with van der Waals surface area (Å²) in [5.41, 5.74) is 2.12. The van der Waals surface area contributed by atoms with Crippen molar-refractivity contribution in [1.29, 1.82) is 0 Å². The molecule has 0 radical (unpaired) electrons. The van der Waals surface area contributed by atoms with E-state index in [0.717, 1.165) is 6.21 Å². The fourth-order valence-corrected chi connectivity index (χ4v) is 1.24. The molecule has 0 bridgehead atoms. The number of hydrazone groups is 1. The molecule has 0 heterocycles. The molecule has 0 rings (SSSR count). The van der Waals surface area contributed by atoms with Gasteiger partial charge in [0, 0.05) is 6.92 Å². The van der Waals surface area contributed by atoms with Crippen LogP contribution in [0.1, 0.15) is 6.92 Å². The van der Waals surface area contributed by atoms with Crippen molar-refractivity contribution >= 4 is 39.6 Å². The zero-order valence-electron chi connectivity index (χ0n) is 7.36. The van der Waals surface area contributed by atoms with Crippen molar-refractivity contribution < 1.29 is 9.59 Å². The number of carbonyl (C=O) groups excluding carboxylic acids is 2. The predicted octanol–water partition coefficient (Wildman–Crippen LogP) is 0.193. The lowest BCUT2D eigenvalue weighted by molar-refractivity contribution is -0.118. The Labute approximate surface area is 84.5 Å². The molecule has 74 valence electrons. The Morgan fingerprint density at radius 1 is 1.54 bits per heavy atom. The molecule has 2 amide bonds. The molecule has 0 aliphatic carbocycles. The summed E-state index contributed by atoms with van der Waals surface area (Å²) in [6, 6.07) is 0. The van der Waals surface area contributed by atoms with Crippen LogP contribution in [0.3, 0.4) is 0 Å².